The second kappa shape index (κ2) is 6.04. The van der Waals surface area contributed by atoms with Gasteiger partial charge in [-0.15, -0.1) is 0 Å². The number of nitrogens with two attached hydrogens (primary N) is 1. The van der Waals surface area contributed by atoms with Crippen LogP contribution in [0, 0.1) is 13.8 Å². The Hall–Kier alpha value is -1.89. The molecule has 0 bridgehead atoms. The first-order valence-corrected chi connectivity index (χ1v) is 6.54. The summed E-state index contributed by atoms with van der Waals surface area (Å²) in [4.78, 5) is 20.5. The smallest absolute Gasteiger partial charge is 0.242 e. The molecule has 0 saturated carbocycles. The maximum absolute atomic E-state index is 12.1. The zero-order valence-electron chi connectivity index (χ0n) is 13.0. The average Bonchev–Trinajstić information content (AvgIpc) is 2.31. The standard InChI is InChI=1S/C13H24N6O/c1-7-10(16-9(3)17-11(7)19-14)15-8(2)12(20)18-13(4,5)6/h8H,14H2,1-6H3,(H,18,20)(H2,15,16,17,19). The summed E-state index contributed by atoms with van der Waals surface area (Å²) in [5.41, 5.74) is 3.03. The van der Waals surface area contributed by atoms with Crippen molar-refractivity contribution in [1.82, 2.24) is 15.3 Å². The second-order valence-electron chi connectivity index (χ2n) is 5.84. The molecule has 20 heavy (non-hydrogen) atoms. The molecule has 0 fully saturated rings. The van der Waals surface area contributed by atoms with E-state index in [0.717, 1.165) is 5.56 Å². The number of carbonyl (C=O) groups is 1. The van der Waals surface area contributed by atoms with Crippen molar-refractivity contribution in [2.45, 2.75) is 53.1 Å². The molecule has 0 radical (unpaired) electrons. The summed E-state index contributed by atoms with van der Waals surface area (Å²) in [7, 11) is 0. The number of hydrazine groups is 1. The first-order chi connectivity index (χ1) is 9.14. The van der Waals surface area contributed by atoms with Crippen LogP contribution in [0.4, 0.5) is 11.6 Å². The van der Waals surface area contributed by atoms with Crippen LogP contribution in [0.25, 0.3) is 0 Å². The largest absolute Gasteiger partial charge is 0.358 e. The number of hydrogen-bond donors (Lipinski definition) is 4. The molecule has 1 atom stereocenters. The predicted molar refractivity (Wildman–Crippen MR) is 80.3 cm³/mol. The van der Waals surface area contributed by atoms with E-state index < -0.39 is 6.04 Å². The highest BCUT2D eigenvalue weighted by atomic mass is 16.2. The van der Waals surface area contributed by atoms with Gasteiger partial charge in [0.25, 0.3) is 0 Å². The fourth-order valence-electron chi connectivity index (χ4n) is 1.66. The number of rotatable bonds is 4. The van der Waals surface area contributed by atoms with E-state index in [9.17, 15) is 4.79 Å². The fraction of sp³-hybridized carbons (Fsp3) is 0.615. The van der Waals surface area contributed by atoms with Crippen molar-refractivity contribution in [3.8, 4) is 0 Å². The average molecular weight is 280 g/mol. The van der Waals surface area contributed by atoms with Crippen molar-refractivity contribution in [1.29, 1.82) is 0 Å². The van der Waals surface area contributed by atoms with Crippen LogP contribution in [0.3, 0.4) is 0 Å². The van der Waals surface area contributed by atoms with Gasteiger partial charge in [0.1, 0.15) is 23.5 Å². The third-order valence-corrected chi connectivity index (χ3v) is 2.64. The van der Waals surface area contributed by atoms with Gasteiger partial charge in [0.15, 0.2) is 0 Å². The number of nitrogens with one attached hydrogen (secondary N) is 3. The van der Waals surface area contributed by atoms with Gasteiger partial charge in [-0.05, 0) is 41.5 Å². The number of aromatic nitrogens is 2. The first-order valence-electron chi connectivity index (χ1n) is 6.54. The van der Waals surface area contributed by atoms with Crippen molar-refractivity contribution in [2.75, 3.05) is 10.7 Å². The first kappa shape index (κ1) is 16.2. The van der Waals surface area contributed by atoms with Crippen molar-refractivity contribution in [3.05, 3.63) is 11.4 Å². The molecule has 0 aliphatic rings. The topological polar surface area (TPSA) is 105 Å². The van der Waals surface area contributed by atoms with Crippen LogP contribution >= 0.6 is 0 Å². The van der Waals surface area contributed by atoms with E-state index in [4.69, 9.17) is 5.84 Å². The number of carbonyl (C=O) groups excluding carboxylic acids is 1. The van der Waals surface area contributed by atoms with E-state index in [1.54, 1.807) is 13.8 Å². The molecule has 0 saturated heterocycles. The van der Waals surface area contributed by atoms with E-state index >= 15 is 0 Å². The molecule has 5 N–H and O–H groups in total. The van der Waals surface area contributed by atoms with Crippen LogP contribution in [0.1, 0.15) is 39.1 Å². The minimum Gasteiger partial charge on any atom is -0.358 e. The maximum Gasteiger partial charge on any atom is 0.242 e. The summed E-state index contributed by atoms with van der Waals surface area (Å²) in [5.74, 6) is 7.05. The molecule has 0 aliphatic heterocycles. The Morgan fingerprint density at radius 3 is 2.25 bits per heavy atom. The van der Waals surface area contributed by atoms with Crippen molar-refractivity contribution in [3.63, 3.8) is 0 Å². The van der Waals surface area contributed by atoms with Gasteiger partial charge in [0.2, 0.25) is 5.91 Å². The molecule has 0 spiro atoms. The van der Waals surface area contributed by atoms with Crippen LogP contribution < -0.4 is 21.9 Å². The van der Waals surface area contributed by atoms with Crippen molar-refractivity contribution < 1.29 is 4.79 Å². The highest BCUT2D eigenvalue weighted by Gasteiger charge is 2.20. The van der Waals surface area contributed by atoms with Gasteiger partial charge in [0, 0.05) is 11.1 Å². The van der Waals surface area contributed by atoms with E-state index in [1.165, 1.54) is 0 Å². The maximum atomic E-state index is 12.1. The molecule has 0 aromatic carbocycles. The Morgan fingerprint density at radius 1 is 1.20 bits per heavy atom. The lowest BCUT2D eigenvalue weighted by molar-refractivity contribution is -0.122. The van der Waals surface area contributed by atoms with E-state index in [1.807, 2.05) is 27.7 Å². The van der Waals surface area contributed by atoms with Gasteiger partial charge in [0.05, 0.1) is 0 Å². The number of hydrogen-bond acceptors (Lipinski definition) is 6. The molecule has 7 heteroatoms. The zero-order valence-corrected chi connectivity index (χ0v) is 13.0. The van der Waals surface area contributed by atoms with Crippen molar-refractivity contribution >= 4 is 17.5 Å². The van der Waals surface area contributed by atoms with E-state index in [0.29, 0.717) is 17.5 Å². The minimum atomic E-state index is -0.409. The summed E-state index contributed by atoms with van der Waals surface area (Å²) in [6.45, 7) is 11.2. The highest BCUT2D eigenvalue weighted by molar-refractivity contribution is 5.84. The zero-order chi connectivity index (χ0) is 15.5. The summed E-state index contributed by atoms with van der Waals surface area (Å²) in [6.07, 6.45) is 0. The monoisotopic (exact) mass is 280 g/mol. The predicted octanol–water partition coefficient (Wildman–Crippen LogP) is 1.09. The Bertz CT molecular complexity index is 494. The van der Waals surface area contributed by atoms with E-state index in [2.05, 4.69) is 26.0 Å². The number of amides is 1. The van der Waals surface area contributed by atoms with E-state index in [-0.39, 0.29) is 11.4 Å². The summed E-state index contributed by atoms with van der Waals surface area (Å²) < 4.78 is 0. The summed E-state index contributed by atoms with van der Waals surface area (Å²) in [6, 6.07) is -0.409. The summed E-state index contributed by atoms with van der Waals surface area (Å²) in [5, 5.41) is 6.01. The van der Waals surface area contributed by atoms with Crippen LogP contribution in [-0.2, 0) is 4.79 Å². The molecule has 1 aromatic heterocycles. The number of anilines is 2. The number of aryl methyl sites for hydroxylation is 1. The molecular weight excluding hydrogens is 256 g/mol. The van der Waals surface area contributed by atoms with Crippen LogP contribution in [-0.4, -0.2) is 27.5 Å². The van der Waals surface area contributed by atoms with Gasteiger partial charge in [-0.2, -0.15) is 0 Å². The minimum absolute atomic E-state index is 0.0876. The van der Waals surface area contributed by atoms with Crippen molar-refractivity contribution in [2.24, 2.45) is 5.84 Å². The molecule has 112 valence electrons. The van der Waals surface area contributed by atoms with Gasteiger partial charge >= 0.3 is 0 Å². The lowest BCUT2D eigenvalue weighted by atomic mass is 10.1. The van der Waals surface area contributed by atoms with Gasteiger partial charge in [-0.25, -0.2) is 15.8 Å². The molecule has 1 heterocycles. The molecule has 1 amide bonds. The summed E-state index contributed by atoms with van der Waals surface area (Å²) >= 11 is 0. The molecule has 7 nitrogen and oxygen atoms in total. The van der Waals surface area contributed by atoms with Gasteiger partial charge < -0.3 is 16.1 Å². The SMILES string of the molecule is Cc1nc(NN)c(C)c(NC(C)C(=O)NC(C)(C)C)n1. The molecular formula is C13H24N6O. The Balaban J connectivity index is 2.88. The number of nitrogens with zero attached hydrogens (tertiary/aromatic N) is 2. The Labute approximate surface area is 119 Å². The third-order valence-electron chi connectivity index (χ3n) is 2.64. The quantitative estimate of drug-likeness (QED) is 0.486. The Kier molecular flexibility index (Phi) is 4.88. The van der Waals surface area contributed by atoms with Crippen LogP contribution in [0.2, 0.25) is 0 Å². The lowest BCUT2D eigenvalue weighted by Crippen LogP contribution is -2.47. The third kappa shape index (κ3) is 4.34. The molecule has 1 aromatic rings. The van der Waals surface area contributed by atoms with Crippen LogP contribution in [0.5, 0.6) is 0 Å². The molecule has 1 rings (SSSR count). The Morgan fingerprint density at radius 2 is 1.75 bits per heavy atom. The van der Waals surface area contributed by atoms with Crippen LogP contribution in [0.15, 0.2) is 0 Å². The lowest BCUT2D eigenvalue weighted by Gasteiger charge is -2.24. The number of nitrogen functional groups attached to an aromatic ring is 1. The normalized spacial score (nSPS) is 12.8. The van der Waals surface area contributed by atoms with Gasteiger partial charge in [-0.3, -0.25) is 4.79 Å². The highest BCUT2D eigenvalue weighted by Crippen LogP contribution is 2.19. The second-order valence-corrected chi connectivity index (χ2v) is 5.84. The fourth-order valence-corrected chi connectivity index (χ4v) is 1.66. The van der Waals surface area contributed by atoms with Gasteiger partial charge in [-0.1, -0.05) is 0 Å². The molecule has 1 unspecified atom stereocenters. The molecule has 0 aliphatic carbocycles.